The fourth-order valence-electron chi connectivity index (χ4n) is 1.32. The molecule has 0 saturated carbocycles. The molecule has 0 aliphatic carbocycles. The minimum absolute atomic E-state index is 0.0544. The molecule has 1 atom stereocenters. The topological polar surface area (TPSA) is 78.7 Å². The summed E-state index contributed by atoms with van der Waals surface area (Å²) >= 11 is 0. The molecule has 0 aromatic heterocycles. The third-order valence-electron chi connectivity index (χ3n) is 2.41. The highest BCUT2D eigenvalue weighted by Gasteiger charge is 2.17. The number of benzene rings is 1. The summed E-state index contributed by atoms with van der Waals surface area (Å²) in [4.78, 5) is 21.3. The van der Waals surface area contributed by atoms with Crippen LogP contribution in [0.15, 0.2) is 24.3 Å². The van der Waals surface area contributed by atoms with Crippen LogP contribution in [0.3, 0.4) is 0 Å². The van der Waals surface area contributed by atoms with E-state index in [9.17, 15) is 23.7 Å². The second-order valence-corrected chi connectivity index (χ2v) is 4.02. The van der Waals surface area contributed by atoms with Crippen molar-refractivity contribution in [2.45, 2.75) is 20.0 Å². The molecule has 1 unspecified atom stereocenters. The number of nitro groups is 1. The van der Waals surface area contributed by atoms with Crippen LogP contribution in [0, 0.1) is 16.0 Å². The van der Waals surface area contributed by atoms with E-state index in [4.69, 9.17) is 4.74 Å². The highest BCUT2D eigenvalue weighted by molar-refractivity contribution is 5.74. The average Bonchev–Trinajstić information content (AvgIpc) is 2.37. The monoisotopic (exact) mass is 289 g/mol. The molecule has 0 spiro atoms. The Kier molecular flexibility index (Phi) is 5.82. The van der Waals surface area contributed by atoms with Crippen LogP contribution in [0.5, 0.6) is 11.5 Å². The molecule has 0 bridgehead atoms. The maximum absolute atomic E-state index is 11.9. The highest BCUT2D eigenvalue weighted by Crippen LogP contribution is 2.20. The van der Waals surface area contributed by atoms with E-state index in [1.165, 1.54) is 31.2 Å². The Morgan fingerprint density at radius 2 is 1.85 bits per heavy atom. The lowest BCUT2D eigenvalue weighted by molar-refractivity contribution is -0.481. The second-order valence-electron chi connectivity index (χ2n) is 4.02. The van der Waals surface area contributed by atoms with Crippen molar-refractivity contribution in [1.82, 2.24) is 0 Å². The zero-order chi connectivity index (χ0) is 15.1. The molecule has 0 heterocycles. The van der Waals surface area contributed by atoms with Gasteiger partial charge in [-0.05, 0) is 24.3 Å². The average molecular weight is 289 g/mol. The van der Waals surface area contributed by atoms with Gasteiger partial charge in [-0.2, -0.15) is 8.78 Å². The minimum atomic E-state index is -2.93. The molecule has 0 amide bonds. The van der Waals surface area contributed by atoms with Gasteiger partial charge in [0.1, 0.15) is 11.5 Å². The van der Waals surface area contributed by atoms with Gasteiger partial charge in [0.05, 0.1) is 5.92 Å². The van der Waals surface area contributed by atoms with Gasteiger partial charge in [-0.25, -0.2) is 0 Å². The van der Waals surface area contributed by atoms with Gasteiger partial charge in [0.25, 0.3) is 0 Å². The van der Waals surface area contributed by atoms with Crippen LogP contribution in [-0.2, 0) is 4.79 Å². The fraction of sp³-hybridized carbons (Fsp3) is 0.417. The Balaban J connectivity index is 2.51. The van der Waals surface area contributed by atoms with Crippen molar-refractivity contribution in [3.63, 3.8) is 0 Å². The van der Waals surface area contributed by atoms with Gasteiger partial charge in [0.2, 0.25) is 6.54 Å². The summed E-state index contributed by atoms with van der Waals surface area (Å²) in [6.07, 6.45) is 0.0679. The first-order valence-electron chi connectivity index (χ1n) is 5.77. The van der Waals surface area contributed by atoms with Crippen molar-refractivity contribution < 1.29 is 28.0 Å². The SMILES string of the molecule is CC(CC[N+](=O)[O-])C(=O)Oc1ccc(OC(F)F)cc1. The summed E-state index contributed by atoms with van der Waals surface area (Å²) in [6.45, 7) is -1.73. The Bertz CT molecular complexity index is 463. The summed E-state index contributed by atoms with van der Waals surface area (Å²) in [5.74, 6) is -1.14. The number of esters is 1. The van der Waals surface area contributed by atoms with Crippen molar-refractivity contribution in [2.75, 3.05) is 6.54 Å². The summed E-state index contributed by atoms with van der Waals surface area (Å²) in [6, 6.07) is 5.07. The number of ether oxygens (including phenoxy) is 2. The lowest BCUT2D eigenvalue weighted by Gasteiger charge is -2.10. The Labute approximate surface area is 113 Å². The first kappa shape index (κ1) is 15.8. The maximum atomic E-state index is 11.9. The smallest absolute Gasteiger partial charge is 0.387 e. The fourth-order valence-corrected chi connectivity index (χ4v) is 1.32. The molecule has 0 radical (unpaired) electrons. The molecule has 0 saturated heterocycles. The third-order valence-corrected chi connectivity index (χ3v) is 2.41. The van der Waals surface area contributed by atoms with E-state index in [1.54, 1.807) is 0 Å². The van der Waals surface area contributed by atoms with E-state index < -0.39 is 23.4 Å². The normalized spacial score (nSPS) is 12.0. The third kappa shape index (κ3) is 5.59. The van der Waals surface area contributed by atoms with Gasteiger partial charge < -0.3 is 9.47 Å². The van der Waals surface area contributed by atoms with E-state index in [-0.39, 0.29) is 24.5 Å². The predicted molar refractivity (Wildman–Crippen MR) is 64.4 cm³/mol. The van der Waals surface area contributed by atoms with E-state index >= 15 is 0 Å². The van der Waals surface area contributed by atoms with Crippen molar-refractivity contribution in [3.05, 3.63) is 34.4 Å². The van der Waals surface area contributed by atoms with Crippen LogP contribution in [0.4, 0.5) is 8.78 Å². The molecular weight excluding hydrogens is 276 g/mol. The molecule has 1 aromatic rings. The lowest BCUT2D eigenvalue weighted by Crippen LogP contribution is -2.20. The summed E-state index contributed by atoms with van der Waals surface area (Å²) in [5.41, 5.74) is 0. The molecule has 6 nitrogen and oxygen atoms in total. The summed E-state index contributed by atoms with van der Waals surface area (Å²) in [7, 11) is 0. The van der Waals surface area contributed by atoms with Crippen LogP contribution in [-0.4, -0.2) is 24.0 Å². The largest absolute Gasteiger partial charge is 0.435 e. The van der Waals surface area contributed by atoms with Gasteiger partial charge in [-0.1, -0.05) is 6.92 Å². The van der Waals surface area contributed by atoms with Crippen LogP contribution in [0.25, 0.3) is 0 Å². The molecule has 0 fully saturated rings. The first-order valence-corrected chi connectivity index (χ1v) is 5.77. The van der Waals surface area contributed by atoms with Crippen molar-refractivity contribution >= 4 is 5.97 Å². The van der Waals surface area contributed by atoms with Crippen LogP contribution < -0.4 is 9.47 Å². The summed E-state index contributed by atoms with van der Waals surface area (Å²) in [5, 5.41) is 10.2. The number of halogens is 2. The van der Waals surface area contributed by atoms with Gasteiger partial charge in [-0.15, -0.1) is 0 Å². The minimum Gasteiger partial charge on any atom is -0.435 e. The van der Waals surface area contributed by atoms with Crippen molar-refractivity contribution in [3.8, 4) is 11.5 Å². The number of hydrogen-bond acceptors (Lipinski definition) is 5. The van der Waals surface area contributed by atoms with Gasteiger partial charge in [0, 0.05) is 11.3 Å². The van der Waals surface area contributed by atoms with E-state index in [2.05, 4.69) is 4.74 Å². The molecule has 20 heavy (non-hydrogen) atoms. The number of carbonyl (C=O) groups is 1. The number of nitrogens with zero attached hydrogens (tertiary/aromatic N) is 1. The van der Waals surface area contributed by atoms with Crippen LogP contribution >= 0.6 is 0 Å². The highest BCUT2D eigenvalue weighted by atomic mass is 19.3. The second kappa shape index (κ2) is 7.37. The first-order chi connectivity index (χ1) is 9.38. The number of alkyl halides is 2. The van der Waals surface area contributed by atoms with Crippen LogP contribution in [0.2, 0.25) is 0 Å². The standard InChI is InChI=1S/C12H13F2NO5/c1-8(6-7-15(17)18)11(16)19-9-2-4-10(5-3-9)20-12(13)14/h2-5,8,12H,6-7H2,1H3. The van der Waals surface area contributed by atoms with Crippen molar-refractivity contribution in [2.24, 2.45) is 5.92 Å². The van der Waals surface area contributed by atoms with Gasteiger partial charge in [0.15, 0.2) is 0 Å². The molecular formula is C12H13F2NO5. The predicted octanol–water partition coefficient (Wildman–Crippen LogP) is 2.50. The number of hydrogen-bond donors (Lipinski definition) is 0. The number of rotatable bonds is 7. The molecule has 0 aliphatic rings. The number of carbonyl (C=O) groups excluding carboxylic acids is 1. The summed E-state index contributed by atoms with van der Waals surface area (Å²) < 4.78 is 33.0. The van der Waals surface area contributed by atoms with Crippen LogP contribution in [0.1, 0.15) is 13.3 Å². The van der Waals surface area contributed by atoms with E-state index in [1.807, 2.05) is 0 Å². The lowest BCUT2D eigenvalue weighted by atomic mass is 10.1. The van der Waals surface area contributed by atoms with Crippen molar-refractivity contribution in [1.29, 1.82) is 0 Å². The molecule has 8 heteroatoms. The molecule has 1 aromatic carbocycles. The van der Waals surface area contributed by atoms with Gasteiger partial charge in [-0.3, -0.25) is 14.9 Å². The van der Waals surface area contributed by atoms with Gasteiger partial charge >= 0.3 is 12.6 Å². The molecule has 1 rings (SSSR count). The Hall–Kier alpha value is -2.25. The zero-order valence-corrected chi connectivity index (χ0v) is 10.6. The van der Waals surface area contributed by atoms with E-state index in [0.29, 0.717) is 0 Å². The molecule has 110 valence electrons. The quantitative estimate of drug-likeness (QED) is 0.333. The maximum Gasteiger partial charge on any atom is 0.387 e. The molecule has 0 aliphatic heterocycles. The molecule has 0 N–H and O–H groups in total. The Morgan fingerprint density at radius 1 is 1.30 bits per heavy atom. The van der Waals surface area contributed by atoms with E-state index in [0.717, 1.165) is 0 Å². The Morgan fingerprint density at radius 3 is 2.35 bits per heavy atom. The zero-order valence-electron chi connectivity index (χ0n) is 10.6.